The molecular weight excluding hydrogens is 204 g/mol. The van der Waals surface area contributed by atoms with E-state index < -0.39 is 0 Å². The Morgan fingerprint density at radius 1 is 0.824 bits per heavy atom. The molecule has 0 heterocycles. The van der Waals surface area contributed by atoms with E-state index in [0.717, 1.165) is 6.42 Å². The van der Waals surface area contributed by atoms with Gasteiger partial charge in [-0.1, -0.05) is 74.9 Å². The van der Waals surface area contributed by atoms with Crippen molar-refractivity contribution in [2.75, 3.05) is 0 Å². The second-order valence-electron chi connectivity index (χ2n) is 3.92. The van der Waals surface area contributed by atoms with Gasteiger partial charge in [0.25, 0.3) is 0 Å². The molecule has 0 atom stereocenters. The van der Waals surface area contributed by atoms with E-state index in [4.69, 9.17) is 0 Å². The summed E-state index contributed by atoms with van der Waals surface area (Å²) in [6, 6.07) is 17.4. The molecule has 0 aliphatic carbocycles. The average Bonchev–Trinajstić information content (AvgIpc) is 2.41. The highest BCUT2D eigenvalue weighted by Gasteiger charge is 1.97. The van der Waals surface area contributed by atoms with Gasteiger partial charge in [0.2, 0.25) is 0 Å². The SMILES string of the molecule is CC.CCc1ccc(-c2cccc(C)c2)cc1. The first kappa shape index (κ1) is 13.5. The molecule has 90 valence electrons. The molecule has 2 rings (SSSR count). The highest BCUT2D eigenvalue weighted by atomic mass is 14.0. The van der Waals surface area contributed by atoms with E-state index in [1.807, 2.05) is 13.8 Å². The Morgan fingerprint density at radius 2 is 1.47 bits per heavy atom. The molecule has 2 aromatic carbocycles. The minimum absolute atomic E-state index is 1.11. The molecule has 0 aliphatic rings. The van der Waals surface area contributed by atoms with Gasteiger partial charge < -0.3 is 0 Å². The van der Waals surface area contributed by atoms with Crippen molar-refractivity contribution >= 4 is 0 Å². The van der Waals surface area contributed by atoms with E-state index in [2.05, 4.69) is 62.4 Å². The summed E-state index contributed by atoms with van der Waals surface area (Å²) in [4.78, 5) is 0. The van der Waals surface area contributed by atoms with Gasteiger partial charge in [-0.25, -0.2) is 0 Å². The van der Waals surface area contributed by atoms with Gasteiger partial charge in [0, 0.05) is 0 Å². The highest BCUT2D eigenvalue weighted by molar-refractivity contribution is 5.64. The summed E-state index contributed by atoms with van der Waals surface area (Å²) in [5.41, 5.74) is 5.31. The molecule has 17 heavy (non-hydrogen) atoms. The van der Waals surface area contributed by atoms with Crippen molar-refractivity contribution in [3.05, 3.63) is 59.7 Å². The molecule has 0 radical (unpaired) electrons. The Bertz CT molecular complexity index is 438. The Balaban J connectivity index is 0.000000686. The second kappa shape index (κ2) is 6.90. The first-order valence-electron chi connectivity index (χ1n) is 6.45. The van der Waals surface area contributed by atoms with Crippen LogP contribution in [0, 0.1) is 6.92 Å². The lowest BCUT2D eigenvalue weighted by Crippen LogP contribution is -1.82. The van der Waals surface area contributed by atoms with Crippen LogP contribution in [0.2, 0.25) is 0 Å². The number of benzene rings is 2. The fraction of sp³-hybridized carbons (Fsp3) is 0.294. The zero-order chi connectivity index (χ0) is 12.7. The number of aryl methyl sites for hydroxylation is 2. The van der Waals surface area contributed by atoms with Gasteiger partial charge in [-0.15, -0.1) is 0 Å². The zero-order valence-corrected chi connectivity index (χ0v) is 11.3. The number of hydrogen-bond donors (Lipinski definition) is 0. The molecule has 0 saturated carbocycles. The van der Waals surface area contributed by atoms with Gasteiger partial charge in [0.1, 0.15) is 0 Å². The minimum atomic E-state index is 1.11. The van der Waals surface area contributed by atoms with E-state index >= 15 is 0 Å². The zero-order valence-electron chi connectivity index (χ0n) is 11.3. The van der Waals surface area contributed by atoms with Crippen molar-refractivity contribution in [2.24, 2.45) is 0 Å². The van der Waals surface area contributed by atoms with Crippen LogP contribution in [0.3, 0.4) is 0 Å². The summed E-state index contributed by atoms with van der Waals surface area (Å²) in [6.45, 7) is 8.31. The van der Waals surface area contributed by atoms with Crippen LogP contribution in [-0.2, 0) is 6.42 Å². The number of hydrogen-bond acceptors (Lipinski definition) is 0. The van der Waals surface area contributed by atoms with Crippen LogP contribution in [-0.4, -0.2) is 0 Å². The predicted molar refractivity (Wildman–Crippen MR) is 77.3 cm³/mol. The second-order valence-corrected chi connectivity index (χ2v) is 3.92. The molecule has 0 spiro atoms. The van der Waals surface area contributed by atoms with Gasteiger partial charge in [0.05, 0.1) is 0 Å². The Morgan fingerprint density at radius 3 is 2.00 bits per heavy atom. The van der Waals surface area contributed by atoms with Crippen molar-refractivity contribution in [1.82, 2.24) is 0 Å². The minimum Gasteiger partial charge on any atom is -0.0683 e. The Hall–Kier alpha value is -1.56. The summed E-state index contributed by atoms with van der Waals surface area (Å²) in [7, 11) is 0. The standard InChI is InChI=1S/C15H16.C2H6/c1-3-13-7-9-14(10-8-13)15-6-4-5-12(2)11-15;1-2/h4-11H,3H2,1-2H3;1-2H3. The van der Waals surface area contributed by atoms with Crippen molar-refractivity contribution in [2.45, 2.75) is 34.1 Å². The van der Waals surface area contributed by atoms with Crippen LogP contribution in [0.1, 0.15) is 31.9 Å². The molecule has 0 aliphatic heterocycles. The van der Waals surface area contributed by atoms with Crippen molar-refractivity contribution in [3.8, 4) is 11.1 Å². The molecule has 0 saturated heterocycles. The summed E-state index contributed by atoms with van der Waals surface area (Å²) < 4.78 is 0. The average molecular weight is 226 g/mol. The van der Waals surface area contributed by atoms with Crippen LogP contribution in [0.5, 0.6) is 0 Å². The van der Waals surface area contributed by atoms with Gasteiger partial charge in [-0.05, 0) is 30.0 Å². The van der Waals surface area contributed by atoms with Crippen molar-refractivity contribution in [3.63, 3.8) is 0 Å². The van der Waals surface area contributed by atoms with E-state index in [1.165, 1.54) is 22.3 Å². The molecule has 0 unspecified atom stereocenters. The monoisotopic (exact) mass is 226 g/mol. The van der Waals surface area contributed by atoms with Crippen LogP contribution in [0.4, 0.5) is 0 Å². The maximum Gasteiger partial charge on any atom is -0.0181 e. The van der Waals surface area contributed by atoms with E-state index in [1.54, 1.807) is 0 Å². The highest BCUT2D eigenvalue weighted by Crippen LogP contribution is 2.20. The fourth-order valence-electron chi connectivity index (χ4n) is 1.76. The smallest absolute Gasteiger partial charge is 0.0181 e. The molecular formula is C17H22. The maximum atomic E-state index is 2.22. The van der Waals surface area contributed by atoms with Crippen LogP contribution in [0.25, 0.3) is 11.1 Å². The molecule has 0 N–H and O–H groups in total. The molecule has 0 amide bonds. The maximum absolute atomic E-state index is 2.22. The first-order chi connectivity index (χ1) is 8.29. The van der Waals surface area contributed by atoms with Gasteiger partial charge in [-0.2, -0.15) is 0 Å². The largest absolute Gasteiger partial charge is 0.0683 e. The third-order valence-corrected chi connectivity index (χ3v) is 2.71. The van der Waals surface area contributed by atoms with Crippen LogP contribution < -0.4 is 0 Å². The molecule has 0 aromatic heterocycles. The lowest BCUT2D eigenvalue weighted by atomic mass is 10.0. The summed E-state index contributed by atoms with van der Waals surface area (Å²) in [5.74, 6) is 0. The summed E-state index contributed by atoms with van der Waals surface area (Å²) >= 11 is 0. The quantitative estimate of drug-likeness (QED) is 0.656. The molecule has 0 fully saturated rings. The van der Waals surface area contributed by atoms with Gasteiger partial charge in [-0.3, -0.25) is 0 Å². The summed E-state index contributed by atoms with van der Waals surface area (Å²) in [6.07, 6.45) is 1.11. The fourth-order valence-corrected chi connectivity index (χ4v) is 1.76. The molecule has 0 nitrogen and oxygen atoms in total. The first-order valence-corrected chi connectivity index (χ1v) is 6.45. The Kier molecular flexibility index (Phi) is 5.48. The normalized spacial score (nSPS) is 9.41. The lowest BCUT2D eigenvalue weighted by molar-refractivity contribution is 1.14. The number of rotatable bonds is 2. The Labute approximate surface area is 105 Å². The molecule has 0 heteroatoms. The van der Waals surface area contributed by atoms with Gasteiger partial charge in [0.15, 0.2) is 0 Å². The van der Waals surface area contributed by atoms with Crippen LogP contribution in [0.15, 0.2) is 48.5 Å². The van der Waals surface area contributed by atoms with Gasteiger partial charge >= 0.3 is 0 Å². The lowest BCUT2D eigenvalue weighted by Gasteiger charge is -2.04. The van der Waals surface area contributed by atoms with E-state index in [-0.39, 0.29) is 0 Å². The summed E-state index contributed by atoms with van der Waals surface area (Å²) in [5, 5.41) is 0. The van der Waals surface area contributed by atoms with E-state index in [0.29, 0.717) is 0 Å². The van der Waals surface area contributed by atoms with Crippen molar-refractivity contribution in [1.29, 1.82) is 0 Å². The van der Waals surface area contributed by atoms with E-state index in [9.17, 15) is 0 Å². The predicted octanol–water partition coefficient (Wildman–Crippen LogP) is 5.25. The molecule has 0 bridgehead atoms. The third kappa shape index (κ3) is 3.74. The van der Waals surface area contributed by atoms with Crippen LogP contribution >= 0.6 is 0 Å². The molecule has 2 aromatic rings. The topological polar surface area (TPSA) is 0 Å². The van der Waals surface area contributed by atoms with Crippen molar-refractivity contribution < 1.29 is 0 Å². The third-order valence-electron chi connectivity index (χ3n) is 2.71.